The van der Waals surface area contributed by atoms with Crippen LogP contribution >= 0.6 is 0 Å². The quantitative estimate of drug-likeness (QED) is 0.131. The fraction of sp³-hybridized carbons (Fsp3) is 0.195. The van der Waals surface area contributed by atoms with Crippen molar-refractivity contribution in [1.82, 2.24) is 20.4 Å². The molecule has 272 valence electrons. The molecule has 0 radical (unpaired) electrons. The standard InChI is InChI=1S/C41H40FN5O5S/c1-27(29-16-18-34(42)19-17-29)44-40(49)31-21-32(23-35(22-31)46(2)53(3,51)52)41(50)45-38(20-28-10-5-4-6-11-28)39(48)26-47-25-33(24-43-47)37-15-9-13-30-12-7-8-14-36(30)37/h4-19,21-25,27,38-39,48H,20,26H2,1-3H3,(H,44,49)(H,45,50)/t27-,38+,39+/m1/s1. The van der Waals surface area contributed by atoms with Crippen LogP contribution < -0.4 is 14.9 Å². The number of sulfonamides is 1. The van der Waals surface area contributed by atoms with Crippen molar-refractivity contribution in [2.24, 2.45) is 0 Å². The van der Waals surface area contributed by atoms with Crippen molar-refractivity contribution >= 4 is 38.3 Å². The van der Waals surface area contributed by atoms with Gasteiger partial charge in [-0.2, -0.15) is 5.10 Å². The number of benzene rings is 5. The van der Waals surface area contributed by atoms with Crippen LogP contribution in [0.5, 0.6) is 0 Å². The number of carbonyl (C=O) groups is 2. The Kier molecular flexibility index (Phi) is 11.0. The van der Waals surface area contributed by atoms with Gasteiger partial charge >= 0.3 is 0 Å². The second kappa shape index (κ2) is 15.8. The molecule has 2 amide bonds. The van der Waals surface area contributed by atoms with Gasteiger partial charge in [0.2, 0.25) is 10.0 Å². The third kappa shape index (κ3) is 8.97. The molecule has 1 heterocycles. The minimum absolute atomic E-state index is 0.0141. The summed E-state index contributed by atoms with van der Waals surface area (Å²) in [5.41, 5.74) is 3.55. The van der Waals surface area contributed by atoms with Gasteiger partial charge in [0.25, 0.3) is 11.8 Å². The van der Waals surface area contributed by atoms with Gasteiger partial charge in [-0.05, 0) is 71.1 Å². The zero-order chi connectivity index (χ0) is 37.7. The van der Waals surface area contributed by atoms with E-state index in [1.807, 2.05) is 79.0 Å². The van der Waals surface area contributed by atoms with Crippen molar-refractivity contribution in [3.63, 3.8) is 0 Å². The molecule has 0 unspecified atom stereocenters. The molecule has 6 rings (SSSR count). The van der Waals surface area contributed by atoms with Crippen LogP contribution in [0.15, 0.2) is 128 Å². The van der Waals surface area contributed by atoms with E-state index in [0.29, 0.717) is 5.56 Å². The van der Waals surface area contributed by atoms with E-state index in [-0.39, 0.29) is 29.8 Å². The highest BCUT2D eigenvalue weighted by Gasteiger charge is 2.26. The number of fused-ring (bicyclic) bond motifs is 1. The number of aromatic nitrogens is 2. The highest BCUT2D eigenvalue weighted by molar-refractivity contribution is 7.92. The van der Waals surface area contributed by atoms with E-state index in [9.17, 15) is 27.5 Å². The maximum Gasteiger partial charge on any atom is 0.251 e. The van der Waals surface area contributed by atoms with E-state index in [2.05, 4.69) is 15.7 Å². The largest absolute Gasteiger partial charge is 0.389 e. The van der Waals surface area contributed by atoms with Crippen molar-refractivity contribution in [2.45, 2.75) is 38.1 Å². The van der Waals surface area contributed by atoms with E-state index in [4.69, 9.17) is 0 Å². The molecule has 0 aliphatic carbocycles. The van der Waals surface area contributed by atoms with Gasteiger partial charge in [-0.1, -0.05) is 84.9 Å². The molecule has 3 atom stereocenters. The monoisotopic (exact) mass is 733 g/mol. The Balaban J connectivity index is 1.27. The molecule has 53 heavy (non-hydrogen) atoms. The van der Waals surface area contributed by atoms with Gasteiger partial charge in [0.05, 0.1) is 42.9 Å². The van der Waals surface area contributed by atoms with Crippen LogP contribution in [0.25, 0.3) is 21.9 Å². The first kappa shape index (κ1) is 36.9. The van der Waals surface area contributed by atoms with Crippen molar-refractivity contribution in [1.29, 1.82) is 0 Å². The Morgan fingerprint density at radius 2 is 1.51 bits per heavy atom. The molecular formula is C41H40FN5O5S. The van der Waals surface area contributed by atoms with E-state index >= 15 is 0 Å². The van der Waals surface area contributed by atoms with Crippen LogP contribution in [0.4, 0.5) is 10.1 Å². The lowest BCUT2D eigenvalue weighted by Gasteiger charge is -2.25. The van der Waals surface area contributed by atoms with Gasteiger partial charge in [-0.25, -0.2) is 12.8 Å². The van der Waals surface area contributed by atoms with Gasteiger partial charge < -0.3 is 15.7 Å². The maximum absolute atomic E-state index is 14.0. The molecule has 0 bridgehead atoms. The highest BCUT2D eigenvalue weighted by atomic mass is 32.2. The fourth-order valence-corrected chi connectivity index (χ4v) is 6.65. The average Bonchev–Trinajstić information content (AvgIpc) is 3.62. The number of halogens is 1. The number of aliphatic hydroxyl groups excluding tert-OH is 1. The smallest absolute Gasteiger partial charge is 0.251 e. The second-order valence-electron chi connectivity index (χ2n) is 13.1. The van der Waals surface area contributed by atoms with Crippen molar-refractivity contribution < 1.29 is 27.5 Å². The summed E-state index contributed by atoms with van der Waals surface area (Å²) in [6.45, 7) is 1.79. The Labute approximate surface area is 308 Å². The first-order valence-electron chi connectivity index (χ1n) is 17.0. The topological polar surface area (TPSA) is 134 Å². The van der Waals surface area contributed by atoms with Crippen molar-refractivity contribution in [2.75, 3.05) is 17.6 Å². The van der Waals surface area contributed by atoms with Gasteiger partial charge in [-0.15, -0.1) is 0 Å². The maximum atomic E-state index is 14.0. The Morgan fingerprint density at radius 3 is 2.21 bits per heavy atom. The fourth-order valence-electron chi connectivity index (χ4n) is 6.16. The molecule has 0 saturated carbocycles. The zero-order valence-electron chi connectivity index (χ0n) is 29.5. The van der Waals surface area contributed by atoms with Crippen LogP contribution in [-0.4, -0.2) is 60.6 Å². The molecular weight excluding hydrogens is 694 g/mol. The molecule has 6 aromatic rings. The summed E-state index contributed by atoms with van der Waals surface area (Å²) in [4.78, 5) is 27.5. The Hall–Kier alpha value is -5.85. The summed E-state index contributed by atoms with van der Waals surface area (Å²) in [7, 11) is -2.44. The molecule has 3 N–H and O–H groups in total. The summed E-state index contributed by atoms with van der Waals surface area (Å²) in [5, 5.41) is 24.1. The predicted molar refractivity (Wildman–Crippen MR) is 205 cm³/mol. The summed E-state index contributed by atoms with van der Waals surface area (Å²) in [5.74, 6) is -1.60. The SMILES string of the molecule is C[C@@H](NC(=O)c1cc(C(=O)N[C@@H](Cc2ccccc2)[C@@H](O)Cn2cc(-c3cccc4ccccc34)cn2)cc(N(C)S(C)(=O)=O)c1)c1ccc(F)cc1. The molecule has 1 aromatic heterocycles. The van der Waals surface area contributed by atoms with Gasteiger partial charge in [0.15, 0.2) is 0 Å². The lowest BCUT2D eigenvalue weighted by Crippen LogP contribution is -2.46. The van der Waals surface area contributed by atoms with Crippen LogP contribution in [-0.2, 0) is 23.0 Å². The molecule has 5 aromatic carbocycles. The van der Waals surface area contributed by atoms with E-state index in [0.717, 1.165) is 38.0 Å². The van der Waals surface area contributed by atoms with Crippen LogP contribution in [0.3, 0.4) is 0 Å². The number of hydrogen-bond acceptors (Lipinski definition) is 6. The number of nitrogens with one attached hydrogen (secondary N) is 2. The van der Waals surface area contributed by atoms with Crippen LogP contribution in [0.1, 0.15) is 44.8 Å². The van der Waals surface area contributed by atoms with Crippen LogP contribution in [0.2, 0.25) is 0 Å². The summed E-state index contributed by atoms with van der Waals surface area (Å²) >= 11 is 0. The number of amides is 2. The van der Waals surface area contributed by atoms with Crippen molar-refractivity contribution in [3.05, 3.63) is 156 Å². The lowest BCUT2D eigenvalue weighted by atomic mass is 9.99. The molecule has 0 fully saturated rings. The zero-order valence-corrected chi connectivity index (χ0v) is 30.3. The Bertz CT molecular complexity index is 2340. The van der Waals surface area contributed by atoms with Crippen molar-refractivity contribution in [3.8, 4) is 11.1 Å². The molecule has 10 nitrogen and oxygen atoms in total. The number of rotatable bonds is 13. The molecule has 0 aliphatic heterocycles. The normalized spacial score (nSPS) is 13.2. The third-order valence-electron chi connectivity index (χ3n) is 9.21. The summed E-state index contributed by atoms with van der Waals surface area (Å²) < 4.78 is 41.2. The van der Waals surface area contributed by atoms with Gasteiger partial charge in [0, 0.05) is 29.9 Å². The number of carbonyl (C=O) groups excluding carboxylic acids is 2. The minimum Gasteiger partial charge on any atom is -0.389 e. The van der Waals surface area contributed by atoms with Gasteiger partial charge in [-0.3, -0.25) is 18.6 Å². The number of hydrogen-bond donors (Lipinski definition) is 3. The Morgan fingerprint density at radius 1 is 0.868 bits per heavy atom. The third-order valence-corrected chi connectivity index (χ3v) is 10.4. The molecule has 0 aliphatic rings. The molecule has 0 saturated heterocycles. The van der Waals surface area contributed by atoms with E-state index < -0.39 is 45.8 Å². The van der Waals surface area contributed by atoms with E-state index in [1.54, 1.807) is 29.9 Å². The second-order valence-corrected chi connectivity index (χ2v) is 15.1. The number of nitrogens with zero attached hydrogens (tertiary/aromatic N) is 3. The average molecular weight is 734 g/mol. The predicted octanol–water partition coefficient (Wildman–Crippen LogP) is 6.13. The summed E-state index contributed by atoms with van der Waals surface area (Å²) in [6, 6.07) is 32.0. The molecule has 0 spiro atoms. The minimum atomic E-state index is -3.77. The first-order valence-corrected chi connectivity index (χ1v) is 18.9. The first-order chi connectivity index (χ1) is 25.4. The molecule has 12 heteroatoms. The van der Waals surface area contributed by atoms with E-state index in [1.165, 1.54) is 37.4 Å². The number of aliphatic hydroxyl groups is 1. The lowest BCUT2D eigenvalue weighted by molar-refractivity contribution is 0.0780. The number of anilines is 1. The highest BCUT2D eigenvalue weighted by Crippen LogP contribution is 2.28. The summed E-state index contributed by atoms with van der Waals surface area (Å²) in [6.07, 6.45) is 3.79. The van der Waals surface area contributed by atoms with Crippen LogP contribution in [0, 0.1) is 5.82 Å². The van der Waals surface area contributed by atoms with Gasteiger partial charge in [0.1, 0.15) is 5.82 Å².